The van der Waals surface area contributed by atoms with Crippen molar-refractivity contribution in [1.29, 1.82) is 0 Å². The number of nitrogens with one attached hydrogen (secondary N) is 2. The second kappa shape index (κ2) is 8.96. The highest BCUT2D eigenvalue weighted by molar-refractivity contribution is 5.99. The van der Waals surface area contributed by atoms with Crippen LogP contribution >= 0.6 is 0 Å². The van der Waals surface area contributed by atoms with Gasteiger partial charge in [-0.15, -0.1) is 0 Å². The van der Waals surface area contributed by atoms with Crippen LogP contribution in [0.25, 0.3) is 0 Å². The second-order valence-electron chi connectivity index (χ2n) is 10.6. The molecule has 3 amide bonds. The fourth-order valence-corrected chi connectivity index (χ4v) is 6.44. The maximum absolute atomic E-state index is 13.9. The van der Waals surface area contributed by atoms with E-state index in [9.17, 15) is 19.5 Å². The molecule has 186 valence electrons. The largest absolute Gasteiger partial charge is 0.394 e. The predicted molar refractivity (Wildman–Crippen MR) is 126 cm³/mol. The monoisotopic (exact) mass is 471 g/mol. The third-order valence-corrected chi connectivity index (χ3v) is 8.10. The fourth-order valence-electron chi connectivity index (χ4n) is 6.44. The number of benzene rings is 1. The molecule has 1 aromatic rings. The third kappa shape index (κ3) is 3.62. The average Bonchev–Trinajstić information content (AvgIpc) is 3.30. The number of aliphatic hydroxyl groups excluding tert-OH is 1. The number of fused-ring (bicyclic) bond motifs is 1. The number of amides is 3. The third-order valence-electron chi connectivity index (χ3n) is 8.10. The van der Waals surface area contributed by atoms with Crippen molar-refractivity contribution in [2.75, 3.05) is 6.61 Å². The first kappa shape index (κ1) is 24.7. The van der Waals surface area contributed by atoms with E-state index in [2.05, 4.69) is 10.6 Å². The molecule has 3 N–H and O–H groups in total. The highest BCUT2D eigenvalue weighted by Crippen LogP contribution is 2.65. The van der Waals surface area contributed by atoms with Crippen molar-refractivity contribution in [3.8, 4) is 0 Å². The minimum atomic E-state index is -1.10. The van der Waals surface area contributed by atoms with E-state index >= 15 is 0 Å². The van der Waals surface area contributed by atoms with Gasteiger partial charge in [0.15, 0.2) is 0 Å². The fraction of sp³-hybridized carbons (Fsp3) is 0.654. The van der Waals surface area contributed by atoms with Crippen molar-refractivity contribution < 1.29 is 24.2 Å². The van der Waals surface area contributed by atoms with Gasteiger partial charge in [-0.25, -0.2) is 0 Å². The topological polar surface area (TPSA) is 108 Å². The Morgan fingerprint density at radius 2 is 1.91 bits per heavy atom. The SMILES string of the molecule is CC[C@@H](CO)N1C(=O)[C@@H]2[C@@H](C(=O)NCc3ccccc3)[C@]3(C)OC2(CC3C)C1C(=O)NC(C)C. The highest BCUT2D eigenvalue weighted by Gasteiger charge is 2.80. The average molecular weight is 472 g/mol. The molecule has 7 atom stereocenters. The van der Waals surface area contributed by atoms with Crippen LogP contribution in [0.5, 0.6) is 0 Å². The van der Waals surface area contributed by atoms with Gasteiger partial charge in [-0.3, -0.25) is 14.4 Å². The minimum Gasteiger partial charge on any atom is -0.394 e. The van der Waals surface area contributed by atoms with Crippen LogP contribution in [0.3, 0.4) is 0 Å². The van der Waals surface area contributed by atoms with Crippen LogP contribution in [0.15, 0.2) is 30.3 Å². The van der Waals surface area contributed by atoms with Crippen molar-refractivity contribution in [3.05, 3.63) is 35.9 Å². The first-order chi connectivity index (χ1) is 16.1. The molecule has 3 saturated heterocycles. The van der Waals surface area contributed by atoms with Gasteiger partial charge in [0, 0.05) is 12.6 Å². The van der Waals surface area contributed by atoms with Crippen molar-refractivity contribution in [3.63, 3.8) is 0 Å². The molecular formula is C26H37N3O5. The van der Waals surface area contributed by atoms with Gasteiger partial charge in [0.05, 0.1) is 30.1 Å². The van der Waals surface area contributed by atoms with E-state index in [0.717, 1.165) is 5.56 Å². The van der Waals surface area contributed by atoms with Crippen LogP contribution in [0, 0.1) is 17.8 Å². The zero-order chi connectivity index (χ0) is 24.8. The van der Waals surface area contributed by atoms with Gasteiger partial charge >= 0.3 is 0 Å². The Hall–Kier alpha value is -2.45. The molecule has 4 rings (SSSR count). The molecule has 1 aromatic carbocycles. The summed E-state index contributed by atoms with van der Waals surface area (Å²) in [6.07, 6.45) is 1.01. The predicted octanol–water partition coefficient (Wildman–Crippen LogP) is 1.61. The maximum Gasteiger partial charge on any atom is 0.246 e. The van der Waals surface area contributed by atoms with Gasteiger partial charge in [-0.05, 0) is 45.1 Å². The summed E-state index contributed by atoms with van der Waals surface area (Å²) in [5, 5.41) is 16.0. The summed E-state index contributed by atoms with van der Waals surface area (Å²) in [5.74, 6) is -2.32. The molecule has 3 fully saturated rings. The number of hydrogen-bond acceptors (Lipinski definition) is 5. The Kier molecular flexibility index (Phi) is 6.50. The van der Waals surface area contributed by atoms with Crippen LogP contribution < -0.4 is 10.6 Å². The molecule has 3 aliphatic rings. The zero-order valence-corrected chi connectivity index (χ0v) is 20.7. The van der Waals surface area contributed by atoms with Crippen LogP contribution in [-0.4, -0.2) is 63.7 Å². The summed E-state index contributed by atoms with van der Waals surface area (Å²) in [6.45, 7) is 9.64. The van der Waals surface area contributed by atoms with Gasteiger partial charge < -0.3 is 25.4 Å². The van der Waals surface area contributed by atoms with Crippen LogP contribution in [0.4, 0.5) is 0 Å². The second-order valence-corrected chi connectivity index (χ2v) is 10.6. The number of rotatable bonds is 8. The van der Waals surface area contributed by atoms with Crippen LogP contribution in [0.2, 0.25) is 0 Å². The Labute approximate surface area is 201 Å². The summed E-state index contributed by atoms with van der Waals surface area (Å²) in [4.78, 5) is 42.6. The molecule has 0 radical (unpaired) electrons. The number of likely N-dealkylation sites (tertiary alicyclic amines) is 1. The lowest BCUT2D eigenvalue weighted by Crippen LogP contribution is -2.58. The quantitative estimate of drug-likeness (QED) is 0.534. The van der Waals surface area contributed by atoms with Crippen molar-refractivity contribution in [1.82, 2.24) is 15.5 Å². The summed E-state index contributed by atoms with van der Waals surface area (Å²) >= 11 is 0. The van der Waals surface area contributed by atoms with Gasteiger partial charge in [0.2, 0.25) is 17.7 Å². The number of hydrogen-bond donors (Lipinski definition) is 3. The number of carbonyl (C=O) groups is 3. The number of nitrogens with zero attached hydrogens (tertiary/aromatic N) is 1. The molecule has 0 saturated carbocycles. The van der Waals surface area contributed by atoms with E-state index in [-0.39, 0.29) is 36.3 Å². The normalized spacial score (nSPS) is 34.9. The molecule has 8 heteroatoms. The van der Waals surface area contributed by atoms with E-state index in [1.54, 1.807) is 0 Å². The Morgan fingerprint density at radius 1 is 1.24 bits per heavy atom. The van der Waals surface area contributed by atoms with Gasteiger partial charge in [-0.2, -0.15) is 0 Å². The summed E-state index contributed by atoms with van der Waals surface area (Å²) in [5.41, 5.74) is -0.987. The van der Waals surface area contributed by atoms with Crippen molar-refractivity contribution >= 4 is 17.7 Å². The van der Waals surface area contributed by atoms with Gasteiger partial charge in [0.25, 0.3) is 0 Å². The van der Waals surface area contributed by atoms with Crippen LogP contribution in [-0.2, 0) is 25.7 Å². The maximum atomic E-state index is 13.9. The van der Waals surface area contributed by atoms with Crippen molar-refractivity contribution in [2.45, 2.75) is 83.3 Å². The molecule has 8 nitrogen and oxygen atoms in total. The zero-order valence-electron chi connectivity index (χ0n) is 20.7. The smallest absolute Gasteiger partial charge is 0.246 e. The standard InChI is InChI=1S/C26H37N3O5/c1-6-18(14-30)29-21(23(32)28-15(2)3)26-12-16(4)25(5,34-26)19(20(26)24(29)33)22(31)27-13-17-10-8-7-9-11-17/h7-11,15-16,18-21,30H,6,12-14H2,1-5H3,(H,27,31)(H,28,32)/t16?,18-,19-,20-,21?,25+,26?/m0/s1. The van der Waals surface area contributed by atoms with Crippen molar-refractivity contribution in [2.24, 2.45) is 17.8 Å². The summed E-state index contributed by atoms with van der Waals surface area (Å²) in [6, 6.07) is 8.09. The first-order valence-corrected chi connectivity index (χ1v) is 12.4. The number of ether oxygens (including phenoxy) is 1. The Morgan fingerprint density at radius 3 is 2.50 bits per heavy atom. The molecular weight excluding hydrogens is 434 g/mol. The first-order valence-electron chi connectivity index (χ1n) is 12.4. The number of aliphatic hydroxyl groups is 1. The molecule has 2 bridgehead atoms. The minimum absolute atomic E-state index is 0.0208. The highest BCUT2D eigenvalue weighted by atomic mass is 16.5. The van der Waals surface area contributed by atoms with Gasteiger partial charge in [0.1, 0.15) is 11.6 Å². The Bertz CT molecular complexity index is 949. The molecule has 34 heavy (non-hydrogen) atoms. The van der Waals surface area contributed by atoms with Gasteiger partial charge in [-0.1, -0.05) is 44.2 Å². The van der Waals surface area contributed by atoms with Crippen LogP contribution in [0.1, 0.15) is 53.0 Å². The molecule has 1 spiro atoms. The lowest BCUT2D eigenvalue weighted by Gasteiger charge is -2.37. The lowest BCUT2D eigenvalue weighted by molar-refractivity contribution is -0.151. The molecule has 0 aromatic heterocycles. The lowest BCUT2D eigenvalue weighted by atomic mass is 9.62. The van der Waals surface area contributed by atoms with E-state index in [1.807, 2.05) is 65.0 Å². The van der Waals surface area contributed by atoms with E-state index < -0.39 is 35.1 Å². The summed E-state index contributed by atoms with van der Waals surface area (Å²) < 4.78 is 6.66. The number of carbonyl (C=O) groups excluding carboxylic acids is 3. The molecule has 3 heterocycles. The molecule has 3 unspecified atom stereocenters. The van der Waals surface area contributed by atoms with E-state index in [0.29, 0.717) is 19.4 Å². The molecule has 3 aliphatic heterocycles. The molecule has 0 aliphatic carbocycles. The Balaban J connectivity index is 1.72. The van der Waals surface area contributed by atoms with E-state index in [4.69, 9.17) is 4.74 Å². The summed E-state index contributed by atoms with van der Waals surface area (Å²) in [7, 11) is 0. The van der Waals surface area contributed by atoms with E-state index in [1.165, 1.54) is 4.90 Å².